The molecule has 2 heterocycles. The van der Waals surface area contributed by atoms with Crippen LogP contribution in [0, 0.1) is 12.7 Å². The first kappa shape index (κ1) is 21.6. The Morgan fingerprint density at radius 3 is 2.50 bits per heavy atom. The normalized spacial score (nSPS) is 17.8. The molecule has 6 nitrogen and oxygen atoms in total. The molecule has 164 valence electrons. The van der Waals surface area contributed by atoms with Crippen LogP contribution >= 0.6 is 11.6 Å². The number of aliphatic hydroxyl groups is 1. The molecule has 3 aromatic rings. The Morgan fingerprint density at radius 2 is 1.88 bits per heavy atom. The highest BCUT2D eigenvalue weighted by molar-refractivity contribution is 6.51. The van der Waals surface area contributed by atoms with Crippen molar-refractivity contribution in [2.75, 3.05) is 11.5 Å². The summed E-state index contributed by atoms with van der Waals surface area (Å²) in [4.78, 5) is 27.2. The van der Waals surface area contributed by atoms with Crippen LogP contribution in [0.5, 0.6) is 5.75 Å². The second kappa shape index (κ2) is 8.51. The van der Waals surface area contributed by atoms with Gasteiger partial charge in [0.15, 0.2) is 0 Å². The van der Waals surface area contributed by atoms with E-state index in [0.29, 0.717) is 23.1 Å². The van der Waals surface area contributed by atoms with Gasteiger partial charge >= 0.3 is 0 Å². The van der Waals surface area contributed by atoms with Crippen molar-refractivity contribution in [1.82, 2.24) is 0 Å². The Bertz CT molecular complexity index is 1230. The minimum Gasteiger partial charge on any atom is -0.507 e. The number of hydrogen-bond donors (Lipinski definition) is 1. The van der Waals surface area contributed by atoms with Gasteiger partial charge in [0.2, 0.25) is 0 Å². The van der Waals surface area contributed by atoms with E-state index in [1.54, 1.807) is 26.0 Å². The van der Waals surface area contributed by atoms with Crippen LogP contribution in [0.25, 0.3) is 5.76 Å². The minimum absolute atomic E-state index is 0.154. The number of amides is 1. The van der Waals surface area contributed by atoms with Gasteiger partial charge < -0.3 is 14.3 Å². The number of ketones is 1. The fraction of sp³-hybridized carbons (Fsp3) is 0.167. The third kappa shape index (κ3) is 3.76. The van der Waals surface area contributed by atoms with Crippen LogP contribution in [0.2, 0.25) is 5.02 Å². The van der Waals surface area contributed by atoms with Crippen molar-refractivity contribution in [3.8, 4) is 5.75 Å². The van der Waals surface area contributed by atoms with E-state index in [4.69, 9.17) is 20.8 Å². The molecular formula is C24H19ClFNO5. The third-order valence-electron chi connectivity index (χ3n) is 5.08. The largest absolute Gasteiger partial charge is 0.507 e. The highest BCUT2D eigenvalue weighted by Crippen LogP contribution is 2.43. The van der Waals surface area contributed by atoms with E-state index in [0.717, 1.165) is 0 Å². The van der Waals surface area contributed by atoms with Crippen LogP contribution in [0.15, 0.2) is 64.6 Å². The summed E-state index contributed by atoms with van der Waals surface area (Å²) >= 11 is 6.14. The molecule has 32 heavy (non-hydrogen) atoms. The van der Waals surface area contributed by atoms with Gasteiger partial charge in [-0.3, -0.25) is 14.5 Å². The monoisotopic (exact) mass is 455 g/mol. The highest BCUT2D eigenvalue weighted by atomic mass is 35.5. The SMILES string of the molecule is CCOc1cc(/C(O)=C2/C(=O)C(=O)N(c3ccc(F)cc3)C2c2ccc(C)o2)ccc1Cl. The molecule has 0 saturated carbocycles. The van der Waals surface area contributed by atoms with Gasteiger partial charge in [-0.05, 0) is 68.4 Å². The van der Waals surface area contributed by atoms with Crippen molar-refractivity contribution in [2.45, 2.75) is 19.9 Å². The number of rotatable bonds is 5. The molecule has 1 aromatic heterocycles. The van der Waals surface area contributed by atoms with E-state index in [1.807, 2.05) is 0 Å². The van der Waals surface area contributed by atoms with Crippen molar-refractivity contribution in [3.63, 3.8) is 0 Å². The van der Waals surface area contributed by atoms with E-state index in [9.17, 15) is 19.1 Å². The first-order valence-electron chi connectivity index (χ1n) is 9.87. The summed E-state index contributed by atoms with van der Waals surface area (Å²) in [6.07, 6.45) is 0. The smallest absolute Gasteiger partial charge is 0.300 e. The molecule has 0 aliphatic carbocycles. The maximum atomic E-state index is 13.5. The molecule has 1 unspecified atom stereocenters. The van der Waals surface area contributed by atoms with Gasteiger partial charge in [0, 0.05) is 11.3 Å². The minimum atomic E-state index is -1.04. The molecule has 1 N–H and O–H groups in total. The predicted octanol–water partition coefficient (Wildman–Crippen LogP) is 5.41. The zero-order valence-electron chi connectivity index (χ0n) is 17.3. The lowest BCUT2D eigenvalue weighted by atomic mass is 9.99. The van der Waals surface area contributed by atoms with Crippen LogP contribution < -0.4 is 9.64 Å². The number of Topliss-reactive ketones (excluding diaryl/α,β-unsaturated/α-hetero) is 1. The van der Waals surface area contributed by atoms with Crippen molar-refractivity contribution in [3.05, 3.63) is 88.1 Å². The second-order valence-corrected chi connectivity index (χ2v) is 7.58. The van der Waals surface area contributed by atoms with Crippen molar-refractivity contribution >= 4 is 34.7 Å². The van der Waals surface area contributed by atoms with Crippen LogP contribution in [-0.2, 0) is 9.59 Å². The number of aliphatic hydroxyl groups excluding tert-OH is 1. The molecule has 1 fully saturated rings. The van der Waals surface area contributed by atoms with E-state index >= 15 is 0 Å². The number of aryl methyl sites for hydroxylation is 1. The lowest BCUT2D eigenvalue weighted by Crippen LogP contribution is -2.29. The van der Waals surface area contributed by atoms with E-state index < -0.39 is 29.3 Å². The lowest BCUT2D eigenvalue weighted by molar-refractivity contribution is -0.132. The number of anilines is 1. The van der Waals surface area contributed by atoms with Crippen molar-refractivity contribution in [1.29, 1.82) is 0 Å². The average Bonchev–Trinajstić information content (AvgIpc) is 3.31. The van der Waals surface area contributed by atoms with Gasteiger partial charge in [0.1, 0.15) is 34.9 Å². The summed E-state index contributed by atoms with van der Waals surface area (Å²) in [7, 11) is 0. The maximum absolute atomic E-state index is 13.5. The lowest BCUT2D eigenvalue weighted by Gasteiger charge is -2.23. The number of nitrogens with zero attached hydrogens (tertiary/aromatic N) is 1. The Balaban J connectivity index is 1.91. The zero-order chi connectivity index (χ0) is 23.0. The fourth-order valence-electron chi connectivity index (χ4n) is 3.64. The summed E-state index contributed by atoms with van der Waals surface area (Å²) in [6.45, 7) is 3.86. The van der Waals surface area contributed by atoms with E-state index in [1.165, 1.54) is 47.4 Å². The van der Waals surface area contributed by atoms with Crippen LogP contribution in [0.1, 0.15) is 30.0 Å². The molecule has 8 heteroatoms. The Morgan fingerprint density at radius 1 is 1.16 bits per heavy atom. The molecule has 1 amide bonds. The predicted molar refractivity (Wildman–Crippen MR) is 117 cm³/mol. The number of carbonyl (C=O) groups excluding carboxylic acids is 2. The van der Waals surface area contributed by atoms with Gasteiger partial charge in [-0.2, -0.15) is 0 Å². The summed E-state index contributed by atoms with van der Waals surface area (Å²) in [6, 6.07) is 12.0. The Labute approximate surface area is 188 Å². The zero-order valence-corrected chi connectivity index (χ0v) is 18.0. The second-order valence-electron chi connectivity index (χ2n) is 7.17. The van der Waals surface area contributed by atoms with Gasteiger partial charge in [-0.15, -0.1) is 0 Å². The standard InChI is InChI=1S/C24H19ClFNO5/c1-3-31-19-12-14(5-10-17(19)25)22(28)20-21(18-11-4-13(2)32-18)27(24(30)23(20)29)16-8-6-15(26)7-9-16/h4-12,21,28H,3H2,1-2H3/b22-20-. The first-order chi connectivity index (χ1) is 15.3. The van der Waals surface area contributed by atoms with Gasteiger partial charge in [0.05, 0.1) is 17.2 Å². The molecule has 1 aliphatic heterocycles. The molecule has 4 rings (SSSR count). The third-order valence-corrected chi connectivity index (χ3v) is 5.40. The van der Waals surface area contributed by atoms with Crippen LogP contribution in [0.3, 0.4) is 0 Å². The number of carbonyl (C=O) groups is 2. The van der Waals surface area contributed by atoms with E-state index in [2.05, 4.69) is 0 Å². The maximum Gasteiger partial charge on any atom is 0.300 e. The number of ether oxygens (including phenoxy) is 1. The summed E-state index contributed by atoms with van der Waals surface area (Å²) in [5.74, 6) is -1.46. The molecule has 0 spiro atoms. The molecule has 1 aliphatic rings. The number of hydrogen-bond acceptors (Lipinski definition) is 5. The molecule has 2 aromatic carbocycles. The van der Waals surface area contributed by atoms with Gasteiger partial charge in [0.25, 0.3) is 11.7 Å². The molecule has 0 bridgehead atoms. The molecular weight excluding hydrogens is 437 g/mol. The number of halogens is 2. The quantitative estimate of drug-likeness (QED) is 0.316. The van der Waals surface area contributed by atoms with Gasteiger partial charge in [-0.25, -0.2) is 4.39 Å². The summed E-state index contributed by atoms with van der Waals surface area (Å²) in [5.41, 5.74) is 0.388. The fourth-order valence-corrected chi connectivity index (χ4v) is 3.81. The average molecular weight is 456 g/mol. The van der Waals surface area contributed by atoms with Crippen molar-refractivity contribution < 1.29 is 28.2 Å². The molecule has 1 saturated heterocycles. The van der Waals surface area contributed by atoms with E-state index in [-0.39, 0.29) is 22.6 Å². The Hall–Kier alpha value is -3.58. The number of benzene rings is 2. The summed E-state index contributed by atoms with van der Waals surface area (Å²) in [5, 5.41) is 11.5. The summed E-state index contributed by atoms with van der Waals surface area (Å²) < 4.78 is 24.7. The van der Waals surface area contributed by atoms with Crippen LogP contribution in [0.4, 0.5) is 10.1 Å². The Kier molecular flexibility index (Phi) is 5.76. The first-order valence-corrected chi connectivity index (χ1v) is 10.2. The van der Waals surface area contributed by atoms with Gasteiger partial charge in [-0.1, -0.05) is 11.6 Å². The number of furan rings is 1. The molecule has 0 radical (unpaired) electrons. The van der Waals surface area contributed by atoms with Crippen LogP contribution in [-0.4, -0.2) is 23.4 Å². The topological polar surface area (TPSA) is 80.0 Å². The molecule has 1 atom stereocenters. The van der Waals surface area contributed by atoms with Crippen molar-refractivity contribution in [2.24, 2.45) is 0 Å². The highest BCUT2D eigenvalue weighted by Gasteiger charge is 2.48.